The van der Waals surface area contributed by atoms with Crippen LogP contribution in [0.1, 0.15) is 25.0 Å². The summed E-state index contributed by atoms with van der Waals surface area (Å²) in [4.78, 5) is 2.47. The van der Waals surface area contributed by atoms with Gasteiger partial charge in [0.2, 0.25) is 0 Å². The molecule has 0 saturated carbocycles. The number of hydrogen-bond donors (Lipinski definition) is 2. The third-order valence-corrected chi connectivity index (χ3v) is 6.67. The van der Waals surface area contributed by atoms with Gasteiger partial charge >= 0.3 is 0 Å². The van der Waals surface area contributed by atoms with Crippen LogP contribution >= 0.6 is 23.5 Å². The van der Waals surface area contributed by atoms with Gasteiger partial charge in [-0.1, -0.05) is 24.3 Å². The number of thioether (sulfide) groups is 2. The molecule has 4 nitrogen and oxygen atoms in total. The number of rotatable bonds is 8. The summed E-state index contributed by atoms with van der Waals surface area (Å²) in [6.07, 6.45) is 5.11. The second kappa shape index (κ2) is 9.86. The summed E-state index contributed by atoms with van der Waals surface area (Å²) >= 11 is 3.47. The van der Waals surface area contributed by atoms with E-state index in [1.807, 2.05) is 13.8 Å². The predicted octanol–water partition coefficient (Wildman–Crippen LogP) is 4.09. The molecule has 2 aromatic rings. The molecule has 0 amide bonds. The Kier molecular flexibility index (Phi) is 7.70. The van der Waals surface area contributed by atoms with Crippen molar-refractivity contribution >= 4 is 23.5 Å². The SMILES string of the molecule is CSc1cccc(C[C@@H](N)[C@@H]2OC(C)(C)O[C@H]2[C@H](N)Cc2cccc(SC)c2)c1. The van der Waals surface area contributed by atoms with Gasteiger partial charge in [0.25, 0.3) is 0 Å². The van der Waals surface area contributed by atoms with Crippen molar-refractivity contribution in [2.75, 3.05) is 12.5 Å². The zero-order valence-corrected chi connectivity index (χ0v) is 19.3. The fraction of sp³-hybridized carbons (Fsp3) is 0.478. The van der Waals surface area contributed by atoms with Crippen molar-refractivity contribution in [2.24, 2.45) is 11.5 Å². The van der Waals surface area contributed by atoms with Crippen molar-refractivity contribution in [3.8, 4) is 0 Å². The molecule has 1 fully saturated rings. The highest BCUT2D eigenvalue weighted by Crippen LogP contribution is 2.33. The Balaban J connectivity index is 1.73. The number of nitrogens with two attached hydrogens (primary N) is 2. The van der Waals surface area contributed by atoms with E-state index >= 15 is 0 Å². The number of benzene rings is 2. The molecule has 2 aromatic carbocycles. The lowest BCUT2D eigenvalue weighted by molar-refractivity contribution is -0.149. The van der Waals surface area contributed by atoms with Crippen LogP contribution in [-0.2, 0) is 22.3 Å². The molecule has 6 heteroatoms. The third-order valence-electron chi connectivity index (χ3n) is 5.22. The summed E-state index contributed by atoms with van der Waals surface area (Å²) in [5.74, 6) is -0.688. The number of hydrogen-bond acceptors (Lipinski definition) is 6. The fourth-order valence-electron chi connectivity index (χ4n) is 3.85. The zero-order chi connectivity index (χ0) is 21.0. The van der Waals surface area contributed by atoms with Crippen LogP contribution in [0, 0.1) is 0 Å². The van der Waals surface area contributed by atoms with E-state index < -0.39 is 5.79 Å². The molecule has 4 N–H and O–H groups in total. The first-order valence-corrected chi connectivity index (χ1v) is 12.4. The molecule has 0 unspecified atom stereocenters. The molecule has 158 valence electrons. The van der Waals surface area contributed by atoms with Gasteiger partial charge in [0.05, 0.1) is 0 Å². The molecule has 0 aromatic heterocycles. The summed E-state index contributed by atoms with van der Waals surface area (Å²) in [6.45, 7) is 3.87. The minimum absolute atomic E-state index is 0.192. The molecule has 0 radical (unpaired) electrons. The van der Waals surface area contributed by atoms with Gasteiger partial charge in [-0.05, 0) is 74.6 Å². The van der Waals surface area contributed by atoms with Crippen LogP contribution in [-0.4, -0.2) is 42.6 Å². The molecule has 1 aliphatic rings. The maximum atomic E-state index is 6.62. The van der Waals surface area contributed by atoms with Gasteiger partial charge in [-0.2, -0.15) is 0 Å². The van der Waals surface area contributed by atoms with Gasteiger partial charge in [0, 0.05) is 21.9 Å². The van der Waals surface area contributed by atoms with Crippen LogP contribution < -0.4 is 11.5 Å². The largest absolute Gasteiger partial charge is 0.343 e. The maximum Gasteiger partial charge on any atom is 0.163 e. The summed E-state index contributed by atoms with van der Waals surface area (Å²) < 4.78 is 12.4. The molecule has 0 spiro atoms. The van der Waals surface area contributed by atoms with Crippen molar-refractivity contribution in [2.45, 2.75) is 66.6 Å². The standard InChI is InChI=1S/C23H32N2O2S2/c1-23(2)26-21(19(24)13-15-7-5-9-17(11-15)28-3)22(27-23)20(25)14-16-8-6-10-18(12-16)29-4/h5-12,19-22H,13-14,24-25H2,1-4H3/t19-,20-,21+,22+/m1/s1. The molecule has 3 rings (SSSR count). The summed E-state index contributed by atoms with van der Waals surface area (Å²) in [6, 6.07) is 16.6. The van der Waals surface area contributed by atoms with Crippen molar-refractivity contribution in [1.29, 1.82) is 0 Å². The third kappa shape index (κ3) is 6.00. The molecule has 1 saturated heterocycles. The van der Waals surface area contributed by atoms with Gasteiger partial charge in [-0.15, -0.1) is 23.5 Å². The minimum Gasteiger partial charge on any atom is -0.343 e. The average Bonchev–Trinajstić information content (AvgIpc) is 3.04. The Morgan fingerprint density at radius 2 is 1.24 bits per heavy atom. The van der Waals surface area contributed by atoms with Crippen molar-refractivity contribution in [1.82, 2.24) is 0 Å². The van der Waals surface area contributed by atoms with E-state index in [0.717, 1.165) is 12.8 Å². The predicted molar refractivity (Wildman–Crippen MR) is 124 cm³/mol. The molecular formula is C23H32N2O2S2. The first-order valence-electron chi connectivity index (χ1n) is 9.94. The van der Waals surface area contributed by atoms with Gasteiger partial charge in [-0.3, -0.25) is 0 Å². The minimum atomic E-state index is -0.688. The quantitative estimate of drug-likeness (QED) is 0.612. The summed E-state index contributed by atoms with van der Waals surface area (Å²) in [7, 11) is 0. The Hall–Kier alpha value is -1.02. The van der Waals surface area contributed by atoms with Crippen LogP contribution in [0.25, 0.3) is 0 Å². The lowest BCUT2D eigenvalue weighted by Crippen LogP contribution is -2.51. The second-order valence-corrected chi connectivity index (χ2v) is 9.76. The second-order valence-electron chi connectivity index (χ2n) is 8.00. The van der Waals surface area contributed by atoms with Crippen LogP contribution in [0.5, 0.6) is 0 Å². The molecule has 0 aliphatic carbocycles. The highest BCUT2D eigenvalue weighted by molar-refractivity contribution is 7.98. The van der Waals surface area contributed by atoms with E-state index in [4.69, 9.17) is 20.9 Å². The van der Waals surface area contributed by atoms with Crippen molar-refractivity contribution in [3.05, 3.63) is 59.7 Å². The molecule has 1 aliphatic heterocycles. The Labute approximate surface area is 183 Å². The van der Waals surface area contributed by atoms with Crippen LogP contribution in [0.4, 0.5) is 0 Å². The normalized spacial score (nSPS) is 23.1. The molecular weight excluding hydrogens is 400 g/mol. The molecule has 1 heterocycles. The fourth-order valence-corrected chi connectivity index (χ4v) is 4.82. The lowest BCUT2D eigenvalue weighted by atomic mass is 9.92. The van der Waals surface area contributed by atoms with Gasteiger partial charge in [0.1, 0.15) is 12.2 Å². The van der Waals surface area contributed by atoms with E-state index in [9.17, 15) is 0 Å². The molecule has 4 atom stereocenters. The van der Waals surface area contributed by atoms with Gasteiger partial charge in [0.15, 0.2) is 5.79 Å². The van der Waals surface area contributed by atoms with Crippen LogP contribution in [0.2, 0.25) is 0 Å². The Morgan fingerprint density at radius 3 is 1.62 bits per heavy atom. The first-order chi connectivity index (χ1) is 13.8. The molecule has 29 heavy (non-hydrogen) atoms. The topological polar surface area (TPSA) is 70.5 Å². The van der Waals surface area contributed by atoms with E-state index in [0.29, 0.717) is 0 Å². The Morgan fingerprint density at radius 1 is 0.828 bits per heavy atom. The summed E-state index contributed by atoms with van der Waals surface area (Å²) in [5.41, 5.74) is 15.7. The van der Waals surface area contributed by atoms with Crippen LogP contribution in [0.15, 0.2) is 58.3 Å². The molecule has 0 bridgehead atoms. The first kappa shape index (κ1) is 22.7. The van der Waals surface area contributed by atoms with E-state index in [1.54, 1.807) is 23.5 Å². The van der Waals surface area contributed by atoms with Gasteiger partial charge < -0.3 is 20.9 Å². The zero-order valence-electron chi connectivity index (χ0n) is 17.6. The number of ether oxygens (including phenoxy) is 2. The van der Waals surface area contributed by atoms with Crippen molar-refractivity contribution < 1.29 is 9.47 Å². The van der Waals surface area contributed by atoms with Gasteiger partial charge in [-0.25, -0.2) is 0 Å². The Bertz CT molecular complexity index is 749. The van der Waals surface area contributed by atoms with Crippen molar-refractivity contribution in [3.63, 3.8) is 0 Å². The van der Waals surface area contributed by atoms with E-state index in [2.05, 4.69) is 61.0 Å². The highest BCUT2D eigenvalue weighted by atomic mass is 32.2. The average molecular weight is 433 g/mol. The summed E-state index contributed by atoms with van der Waals surface area (Å²) in [5, 5.41) is 0. The van der Waals surface area contributed by atoms with E-state index in [1.165, 1.54) is 20.9 Å². The lowest BCUT2D eigenvalue weighted by Gasteiger charge is -2.27. The highest BCUT2D eigenvalue weighted by Gasteiger charge is 2.46. The maximum absolute atomic E-state index is 6.62. The monoisotopic (exact) mass is 432 g/mol. The van der Waals surface area contributed by atoms with Crippen LogP contribution in [0.3, 0.4) is 0 Å². The smallest absolute Gasteiger partial charge is 0.163 e. The van der Waals surface area contributed by atoms with E-state index in [-0.39, 0.29) is 24.3 Å².